The molecular formula is C27H35NO10. The van der Waals surface area contributed by atoms with Crippen LogP contribution in [0.3, 0.4) is 0 Å². The molecule has 0 spiro atoms. The summed E-state index contributed by atoms with van der Waals surface area (Å²) in [6.45, 7) is 2.54. The molecular weight excluding hydrogens is 498 g/mol. The van der Waals surface area contributed by atoms with E-state index in [9.17, 15) is 34.2 Å². The minimum atomic E-state index is -1.30. The fourth-order valence-corrected chi connectivity index (χ4v) is 5.14. The first-order chi connectivity index (χ1) is 18.0. The van der Waals surface area contributed by atoms with Crippen LogP contribution in [0.2, 0.25) is 0 Å². The second-order valence-corrected chi connectivity index (χ2v) is 9.90. The van der Waals surface area contributed by atoms with Gasteiger partial charge in [0.2, 0.25) is 5.91 Å². The van der Waals surface area contributed by atoms with Crippen molar-refractivity contribution in [1.29, 1.82) is 0 Å². The molecule has 4 unspecified atom stereocenters. The molecule has 1 aromatic rings. The van der Waals surface area contributed by atoms with E-state index in [1.54, 1.807) is 0 Å². The number of rotatable bonds is 9. The molecule has 2 aliphatic rings. The highest BCUT2D eigenvalue weighted by molar-refractivity contribution is 5.86. The van der Waals surface area contributed by atoms with E-state index < -0.39 is 59.9 Å². The first-order valence-electron chi connectivity index (χ1n) is 13.0. The van der Waals surface area contributed by atoms with Crippen LogP contribution in [0.25, 0.3) is 0 Å². The Kier molecular flexibility index (Phi) is 10.1. The molecule has 2 fully saturated rings. The van der Waals surface area contributed by atoms with Gasteiger partial charge in [0.05, 0.1) is 11.8 Å². The van der Waals surface area contributed by atoms with Gasteiger partial charge in [0, 0.05) is 20.3 Å². The van der Waals surface area contributed by atoms with Crippen molar-refractivity contribution in [2.24, 2.45) is 11.8 Å². The number of ether oxygens (including phenoxy) is 3. The molecule has 2 aliphatic carbocycles. The fraction of sp³-hybridized carbons (Fsp3) is 0.593. The van der Waals surface area contributed by atoms with E-state index in [0.717, 1.165) is 25.7 Å². The summed E-state index contributed by atoms with van der Waals surface area (Å²) in [5.74, 6) is -5.22. The van der Waals surface area contributed by atoms with Crippen molar-refractivity contribution >= 4 is 29.8 Å². The van der Waals surface area contributed by atoms with Gasteiger partial charge in [-0.1, -0.05) is 18.9 Å². The van der Waals surface area contributed by atoms with Crippen LogP contribution in [0.1, 0.15) is 70.8 Å². The summed E-state index contributed by atoms with van der Waals surface area (Å²) in [6.07, 6.45) is 3.80. The van der Waals surface area contributed by atoms with Crippen molar-refractivity contribution in [3.05, 3.63) is 23.8 Å². The minimum Gasteiger partial charge on any atom is -0.504 e. The predicted molar refractivity (Wildman–Crippen MR) is 132 cm³/mol. The van der Waals surface area contributed by atoms with Crippen molar-refractivity contribution in [2.45, 2.75) is 89.9 Å². The van der Waals surface area contributed by atoms with Crippen molar-refractivity contribution in [2.75, 3.05) is 0 Å². The van der Waals surface area contributed by atoms with Gasteiger partial charge in [0.15, 0.2) is 11.5 Å². The van der Waals surface area contributed by atoms with Gasteiger partial charge in [-0.05, 0) is 56.2 Å². The summed E-state index contributed by atoms with van der Waals surface area (Å²) in [5.41, 5.74) is 0.402. The monoisotopic (exact) mass is 533 g/mol. The van der Waals surface area contributed by atoms with Gasteiger partial charge in [-0.3, -0.25) is 19.2 Å². The molecule has 38 heavy (non-hydrogen) atoms. The van der Waals surface area contributed by atoms with Crippen LogP contribution in [0.4, 0.5) is 0 Å². The Morgan fingerprint density at radius 2 is 1.45 bits per heavy atom. The van der Waals surface area contributed by atoms with Crippen LogP contribution in [0.5, 0.6) is 11.5 Å². The van der Waals surface area contributed by atoms with E-state index in [0.29, 0.717) is 31.2 Å². The highest BCUT2D eigenvalue weighted by Gasteiger charge is 2.36. The average molecular weight is 534 g/mol. The Bertz CT molecular complexity index is 1050. The quantitative estimate of drug-likeness (QED) is 0.317. The zero-order chi connectivity index (χ0) is 27.8. The molecule has 0 aliphatic heterocycles. The normalized spacial score (nSPS) is 23.9. The van der Waals surface area contributed by atoms with E-state index in [-0.39, 0.29) is 17.9 Å². The molecule has 11 heteroatoms. The summed E-state index contributed by atoms with van der Waals surface area (Å²) in [6, 6.07) is 2.80. The third kappa shape index (κ3) is 7.93. The molecule has 5 atom stereocenters. The standard InChI is InChI=1S/C27H35NO10/c1-15(29)36-22-9-5-3-7-18(22)25(32)28-20(26(33)34)13-17-11-12-21(31)24(14-17)38-27(35)19-8-4-6-10-23(19)37-16(2)30/h11-12,14,18-20,22-23,31H,3-10,13H2,1-2H3,(H,28,32)(H,33,34)/t18?,19?,20-,22?,23?/m0/s1. The zero-order valence-electron chi connectivity index (χ0n) is 21.6. The lowest BCUT2D eigenvalue weighted by molar-refractivity contribution is -0.158. The van der Waals surface area contributed by atoms with Gasteiger partial charge in [-0.25, -0.2) is 4.79 Å². The molecule has 0 heterocycles. The number of aliphatic carboxylic acids is 1. The summed E-state index contributed by atoms with van der Waals surface area (Å²) in [5, 5.41) is 22.6. The molecule has 1 amide bonds. The van der Waals surface area contributed by atoms with Gasteiger partial charge in [-0.15, -0.1) is 0 Å². The number of carbonyl (C=O) groups excluding carboxylic acids is 4. The van der Waals surface area contributed by atoms with Crippen LogP contribution in [-0.4, -0.2) is 58.2 Å². The maximum Gasteiger partial charge on any atom is 0.326 e. The Hall–Kier alpha value is -3.63. The van der Waals surface area contributed by atoms with E-state index >= 15 is 0 Å². The molecule has 2 saturated carbocycles. The maximum atomic E-state index is 12.9. The van der Waals surface area contributed by atoms with Crippen LogP contribution in [-0.2, 0) is 39.9 Å². The van der Waals surface area contributed by atoms with E-state index in [4.69, 9.17) is 14.2 Å². The lowest BCUT2D eigenvalue weighted by atomic mass is 9.85. The van der Waals surface area contributed by atoms with Crippen LogP contribution in [0.15, 0.2) is 18.2 Å². The minimum absolute atomic E-state index is 0.143. The van der Waals surface area contributed by atoms with Crippen molar-refractivity contribution in [3.63, 3.8) is 0 Å². The number of carboxylic acid groups (broad SMARTS) is 1. The number of aromatic hydroxyl groups is 1. The third-order valence-electron chi connectivity index (χ3n) is 6.97. The first-order valence-corrected chi connectivity index (χ1v) is 13.0. The molecule has 0 saturated heterocycles. The topological polar surface area (TPSA) is 166 Å². The number of nitrogens with one attached hydrogen (secondary N) is 1. The largest absolute Gasteiger partial charge is 0.504 e. The van der Waals surface area contributed by atoms with Gasteiger partial charge >= 0.3 is 23.9 Å². The summed E-state index contributed by atoms with van der Waals surface area (Å²) >= 11 is 0. The highest BCUT2D eigenvalue weighted by atomic mass is 16.6. The molecule has 3 N–H and O–H groups in total. The van der Waals surface area contributed by atoms with E-state index in [1.165, 1.54) is 32.0 Å². The van der Waals surface area contributed by atoms with Gasteiger partial charge in [0.1, 0.15) is 18.2 Å². The summed E-state index contributed by atoms with van der Waals surface area (Å²) in [4.78, 5) is 60.6. The highest BCUT2D eigenvalue weighted by Crippen LogP contribution is 2.33. The Balaban J connectivity index is 1.69. The number of esters is 3. The first kappa shape index (κ1) is 28.9. The second-order valence-electron chi connectivity index (χ2n) is 9.90. The smallest absolute Gasteiger partial charge is 0.326 e. The molecule has 11 nitrogen and oxygen atoms in total. The van der Waals surface area contributed by atoms with Crippen molar-refractivity contribution in [3.8, 4) is 11.5 Å². The number of hydrogen-bond acceptors (Lipinski definition) is 9. The SMILES string of the molecule is CC(=O)OC1CCCCC1C(=O)N[C@@H](Cc1ccc(O)c(OC(=O)C2CCCCC2OC(C)=O)c1)C(=O)O. The number of benzene rings is 1. The van der Waals surface area contributed by atoms with Crippen LogP contribution >= 0.6 is 0 Å². The number of amides is 1. The van der Waals surface area contributed by atoms with Crippen LogP contribution in [0, 0.1) is 11.8 Å². The third-order valence-corrected chi connectivity index (χ3v) is 6.97. The van der Waals surface area contributed by atoms with Crippen molar-refractivity contribution in [1.82, 2.24) is 5.32 Å². The second kappa shape index (κ2) is 13.3. The summed E-state index contributed by atoms with van der Waals surface area (Å²) in [7, 11) is 0. The fourth-order valence-electron chi connectivity index (χ4n) is 5.14. The lowest BCUT2D eigenvalue weighted by Crippen LogP contribution is -2.48. The van der Waals surface area contributed by atoms with E-state index in [2.05, 4.69) is 5.32 Å². The average Bonchev–Trinajstić information content (AvgIpc) is 2.85. The summed E-state index contributed by atoms with van der Waals surface area (Å²) < 4.78 is 16.0. The molecule has 1 aromatic carbocycles. The Labute approximate surface area is 220 Å². The maximum absolute atomic E-state index is 12.9. The van der Waals surface area contributed by atoms with Gasteiger partial charge in [0.25, 0.3) is 0 Å². The van der Waals surface area contributed by atoms with Gasteiger partial charge < -0.3 is 29.7 Å². The Morgan fingerprint density at radius 1 is 0.895 bits per heavy atom. The predicted octanol–water partition coefficient (Wildman–Crippen LogP) is 2.65. The number of phenols is 1. The molecule has 208 valence electrons. The Morgan fingerprint density at radius 3 is 2.03 bits per heavy atom. The van der Waals surface area contributed by atoms with E-state index in [1.807, 2.05) is 0 Å². The van der Waals surface area contributed by atoms with Gasteiger partial charge in [-0.2, -0.15) is 0 Å². The molecule has 0 aromatic heterocycles. The molecule has 0 radical (unpaired) electrons. The molecule has 0 bridgehead atoms. The number of hydrogen-bond donors (Lipinski definition) is 3. The zero-order valence-corrected chi connectivity index (χ0v) is 21.6. The lowest BCUT2D eigenvalue weighted by Gasteiger charge is -2.30. The number of carboxylic acids is 1. The van der Waals surface area contributed by atoms with Crippen LogP contribution < -0.4 is 10.1 Å². The molecule has 3 rings (SSSR count). The van der Waals surface area contributed by atoms with Crippen molar-refractivity contribution < 1.29 is 48.4 Å². The number of carbonyl (C=O) groups is 5. The number of phenolic OH excluding ortho intramolecular Hbond substituents is 1.